The highest BCUT2D eigenvalue weighted by Gasteiger charge is 2.23. The minimum absolute atomic E-state index is 0.298. The number of hydrogen-bond acceptors (Lipinski definition) is 2. The molecule has 4 aromatic rings. The van der Waals surface area contributed by atoms with E-state index in [0.29, 0.717) is 11.3 Å². The predicted molar refractivity (Wildman–Crippen MR) is 113 cm³/mol. The summed E-state index contributed by atoms with van der Waals surface area (Å²) in [5.74, 6) is -0.298. The lowest BCUT2D eigenvalue weighted by molar-refractivity contribution is 0.0936. The third-order valence-electron chi connectivity index (χ3n) is 4.80. The van der Waals surface area contributed by atoms with Crippen molar-refractivity contribution in [1.29, 1.82) is 5.26 Å². The van der Waals surface area contributed by atoms with E-state index in [-0.39, 0.29) is 11.9 Å². The Balaban J connectivity index is 1.74. The number of amides is 1. The second kappa shape index (κ2) is 8.28. The first-order valence-electron chi connectivity index (χ1n) is 9.35. The van der Waals surface area contributed by atoms with E-state index in [1.807, 2.05) is 91.0 Å². The van der Waals surface area contributed by atoms with Crippen LogP contribution in [-0.2, 0) is 0 Å². The van der Waals surface area contributed by atoms with Crippen LogP contribution >= 0.6 is 0 Å². The third-order valence-corrected chi connectivity index (χ3v) is 4.80. The Bertz CT molecular complexity index is 1100. The van der Waals surface area contributed by atoms with E-state index in [1.165, 1.54) is 0 Å². The van der Waals surface area contributed by atoms with Crippen molar-refractivity contribution in [3.8, 4) is 11.8 Å². The molecule has 1 heterocycles. The maximum Gasteiger partial charge on any atom is 0.270 e. The van der Waals surface area contributed by atoms with Crippen LogP contribution in [0.1, 0.15) is 33.2 Å². The number of para-hydroxylation sites is 1. The Kier molecular flexibility index (Phi) is 5.22. The molecule has 140 valence electrons. The van der Waals surface area contributed by atoms with Crippen molar-refractivity contribution in [2.45, 2.75) is 6.04 Å². The molecule has 0 saturated heterocycles. The molecule has 4 heteroatoms. The van der Waals surface area contributed by atoms with Crippen LogP contribution in [0.2, 0.25) is 0 Å². The Morgan fingerprint density at radius 1 is 0.793 bits per heavy atom. The van der Waals surface area contributed by atoms with Gasteiger partial charge in [-0.05, 0) is 29.3 Å². The fraction of sp³-hybridized carbons (Fsp3) is 0.0400. The normalized spacial score (nSPS) is 10.5. The molecular weight excluding hydrogens is 358 g/mol. The SMILES string of the molecule is N#Cc1ccn(-c2ccccc2)c1C(=O)NC(c1ccccc1)c1ccccc1. The van der Waals surface area contributed by atoms with Gasteiger partial charge in [-0.25, -0.2) is 0 Å². The number of nitrogens with one attached hydrogen (secondary N) is 1. The highest BCUT2D eigenvalue weighted by atomic mass is 16.2. The van der Waals surface area contributed by atoms with E-state index >= 15 is 0 Å². The molecule has 0 saturated carbocycles. The number of carbonyl (C=O) groups is 1. The number of rotatable bonds is 5. The number of carbonyl (C=O) groups excluding carboxylic acids is 1. The van der Waals surface area contributed by atoms with Gasteiger partial charge in [-0.3, -0.25) is 4.79 Å². The fourth-order valence-electron chi connectivity index (χ4n) is 3.41. The lowest BCUT2D eigenvalue weighted by Gasteiger charge is -2.20. The molecule has 0 spiro atoms. The van der Waals surface area contributed by atoms with Crippen molar-refractivity contribution in [2.24, 2.45) is 0 Å². The Labute approximate surface area is 169 Å². The smallest absolute Gasteiger partial charge is 0.270 e. The molecule has 0 unspecified atom stereocenters. The predicted octanol–water partition coefficient (Wildman–Crippen LogP) is 4.87. The summed E-state index contributed by atoms with van der Waals surface area (Å²) < 4.78 is 1.75. The van der Waals surface area contributed by atoms with Crippen molar-refractivity contribution in [2.75, 3.05) is 0 Å². The maximum absolute atomic E-state index is 13.4. The molecule has 0 aliphatic rings. The summed E-state index contributed by atoms with van der Waals surface area (Å²) in [6.07, 6.45) is 1.75. The zero-order valence-corrected chi connectivity index (χ0v) is 15.7. The average Bonchev–Trinajstić information content (AvgIpc) is 3.23. The molecule has 0 atom stereocenters. The van der Waals surface area contributed by atoms with E-state index in [4.69, 9.17) is 0 Å². The first kappa shape index (κ1) is 18.3. The minimum atomic E-state index is -0.324. The van der Waals surface area contributed by atoms with E-state index in [9.17, 15) is 10.1 Å². The highest BCUT2D eigenvalue weighted by Crippen LogP contribution is 2.24. The van der Waals surface area contributed by atoms with Crippen molar-refractivity contribution < 1.29 is 4.79 Å². The first-order valence-corrected chi connectivity index (χ1v) is 9.35. The second-order valence-electron chi connectivity index (χ2n) is 6.62. The van der Waals surface area contributed by atoms with Crippen molar-refractivity contribution in [3.63, 3.8) is 0 Å². The Morgan fingerprint density at radius 2 is 1.31 bits per heavy atom. The zero-order chi connectivity index (χ0) is 20.1. The largest absolute Gasteiger partial charge is 0.340 e. The van der Waals surface area contributed by atoms with Crippen LogP contribution in [0, 0.1) is 11.3 Å². The molecular formula is C25H19N3O. The summed E-state index contributed by atoms with van der Waals surface area (Å²) >= 11 is 0. The number of nitrogens with zero attached hydrogens (tertiary/aromatic N) is 2. The van der Waals surface area contributed by atoms with Crippen molar-refractivity contribution in [1.82, 2.24) is 9.88 Å². The molecule has 29 heavy (non-hydrogen) atoms. The quantitative estimate of drug-likeness (QED) is 0.539. The molecule has 4 nitrogen and oxygen atoms in total. The summed E-state index contributed by atoms with van der Waals surface area (Å²) in [7, 11) is 0. The van der Waals surface area contributed by atoms with Crippen LogP contribution in [0.25, 0.3) is 5.69 Å². The van der Waals surface area contributed by atoms with Gasteiger partial charge in [-0.2, -0.15) is 5.26 Å². The Morgan fingerprint density at radius 3 is 1.83 bits per heavy atom. The number of benzene rings is 3. The monoisotopic (exact) mass is 377 g/mol. The molecule has 0 bridgehead atoms. The lowest BCUT2D eigenvalue weighted by atomic mass is 9.98. The van der Waals surface area contributed by atoms with E-state index < -0.39 is 0 Å². The summed E-state index contributed by atoms with van der Waals surface area (Å²) in [4.78, 5) is 13.4. The van der Waals surface area contributed by atoms with E-state index in [2.05, 4.69) is 11.4 Å². The van der Waals surface area contributed by atoms with Gasteiger partial charge in [0.1, 0.15) is 11.8 Å². The highest BCUT2D eigenvalue weighted by molar-refractivity contribution is 5.96. The average molecular weight is 377 g/mol. The number of hydrogen-bond donors (Lipinski definition) is 1. The summed E-state index contributed by atoms with van der Waals surface area (Å²) in [6, 6.07) is 32.6. The molecule has 0 radical (unpaired) electrons. The van der Waals surface area contributed by atoms with Crippen LogP contribution in [0.5, 0.6) is 0 Å². The van der Waals surface area contributed by atoms with Gasteiger partial charge >= 0.3 is 0 Å². The van der Waals surface area contributed by atoms with Gasteiger partial charge in [0.25, 0.3) is 5.91 Å². The molecule has 1 N–H and O–H groups in total. The van der Waals surface area contributed by atoms with Crippen LogP contribution in [0.3, 0.4) is 0 Å². The van der Waals surface area contributed by atoms with Gasteiger partial charge < -0.3 is 9.88 Å². The van der Waals surface area contributed by atoms with Gasteiger partial charge in [0.2, 0.25) is 0 Å². The van der Waals surface area contributed by atoms with Gasteiger partial charge in [0, 0.05) is 11.9 Å². The molecule has 4 rings (SSSR count). The minimum Gasteiger partial charge on any atom is -0.340 e. The molecule has 1 aromatic heterocycles. The fourth-order valence-corrected chi connectivity index (χ4v) is 3.41. The third kappa shape index (κ3) is 3.80. The summed E-state index contributed by atoms with van der Waals surface area (Å²) in [6.45, 7) is 0. The first-order chi connectivity index (χ1) is 14.3. The molecule has 3 aromatic carbocycles. The van der Waals surface area contributed by atoms with Crippen LogP contribution in [0.15, 0.2) is 103 Å². The summed E-state index contributed by atoms with van der Waals surface area (Å²) in [5, 5.41) is 12.7. The van der Waals surface area contributed by atoms with Crippen LogP contribution in [0.4, 0.5) is 0 Å². The number of nitriles is 1. The molecule has 1 amide bonds. The maximum atomic E-state index is 13.4. The molecule has 0 aliphatic carbocycles. The van der Waals surface area contributed by atoms with Crippen LogP contribution in [-0.4, -0.2) is 10.5 Å². The Hall–Kier alpha value is -4.10. The number of aromatic nitrogens is 1. The van der Waals surface area contributed by atoms with E-state index in [0.717, 1.165) is 16.8 Å². The molecule has 0 aliphatic heterocycles. The van der Waals surface area contributed by atoms with Crippen molar-refractivity contribution in [3.05, 3.63) is 126 Å². The van der Waals surface area contributed by atoms with Gasteiger partial charge in [-0.1, -0.05) is 78.9 Å². The summed E-state index contributed by atoms with van der Waals surface area (Å²) in [5.41, 5.74) is 3.45. The van der Waals surface area contributed by atoms with Crippen molar-refractivity contribution >= 4 is 5.91 Å². The van der Waals surface area contributed by atoms with Gasteiger partial charge in [-0.15, -0.1) is 0 Å². The topological polar surface area (TPSA) is 57.8 Å². The molecule has 0 fully saturated rings. The second-order valence-corrected chi connectivity index (χ2v) is 6.62. The van der Waals surface area contributed by atoms with Gasteiger partial charge in [0.05, 0.1) is 11.6 Å². The lowest BCUT2D eigenvalue weighted by Crippen LogP contribution is -2.31. The standard InChI is InChI=1S/C25H19N3O/c26-18-21-16-17-28(22-14-8-3-9-15-22)24(21)25(29)27-23(19-10-4-1-5-11-19)20-12-6-2-7-13-20/h1-17,23H,(H,27,29). The van der Waals surface area contributed by atoms with E-state index in [1.54, 1.807) is 16.8 Å². The zero-order valence-electron chi connectivity index (χ0n) is 15.7. The van der Waals surface area contributed by atoms with Crippen LogP contribution < -0.4 is 5.32 Å². The van der Waals surface area contributed by atoms with Gasteiger partial charge in [0.15, 0.2) is 0 Å².